The summed E-state index contributed by atoms with van der Waals surface area (Å²) in [7, 11) is 0. The van der Waals surface area contributed by atoms with Crippen molar-refractivity contribution in [2.45, 2.75) is 18.6 Å². The molecule has 0 aromatic rings. The maximum atomic E-state index is 11.2. The van der Waals surface area contributed by atoms with Crippen LogP contribution in [0.15, 0.2) is 0 Å². The van der Waals surface area contributed by atoms with E-state index in [1.54, 1.807) is 0 Å². The molecule has 0 aromatic carbocycles. The molecule has 1 aliphatic heterocycles. The number of carboxylic acid groups (broad SMARTS) is 1. The first-order chi connectivity index (χ1) is 6.59. The summed E-state index contributed by atoms with van der Waals surface area (Å²) in [5, 5.41) is 20.0. The summed E-state index contributed by atoms with van der Waals surface area (Å²) in [5.41, 5.74) is 1.98. The van der Waals surface area contributed by atoms with E-state index in [4.69, 9.17) is 10.2 Å². The molecular formula is C7H12N2O5. The van der Waals surface area contributed by atoms with Crippen LogP contribution in [-0.4, -0.2) is 47.4 Å². The zero-order chi connectivity index (χ0) is 10.6. The second-order valence-electron chi connectivity index (χ2n) is 3.00. The number of amides is 1. The van der Waals surface area contributed by atoms with Gasteiger partial charge in [-0.15, -0.1) is 0 Å². The zero-order valence-electron chi connectivity index (χ0n) is 7.40. The quantitative estimate of drug-likeness (QED) is 0.388. The molecule has 7 nitrogen and oxygen atoms in total. The summed E-state index contributed by atoms with van der Waals surface area (Å²) in [6, 6.07) is -0.515. The van der Waals surface area contributed by atoms with Gasteiger partial charge in [0.15, 0.2) is 6.61 Å². The summed E-state index contributed by atoms with van der Waals surface area (Å²) >= 11 is 0. The monoisotopic (exact) mass is 204 g/mol. The molecule has 80 valence electrons. The van der Waals surface area contributed by atoms with Crippen molar-refractivity contribution in [3.63, 3.8) is 0 Å². The van der Waals surface area contributed by atoms with E-state index < -0.39 is 30.6 Å². The third kappa shape index (κ3) is 3.29. The summed E-state index contributed by atoms with van der Waals surface area (Å²) in [4.78, 5) is 25.6. The van der Waals surface area contributed by atoms with Gasteiger partial charge < -0.3 is 15.5 Å². The van der Waals surface area contributed by atoms with Crippen LogP contribution in [0, 0.1) is 0 Å². The fourth-order valence-corrected chi connectivity index (χ4v) is 1.16. The summed E-state index contributed by atoms with van der Waals surface area (Å²) < 4.78 is 0. The van der Waals surface area contributed by atoms with Crippen LogP contribution < -0.4 is 10.8 Å². The highest BCUT2D eigenvalue weighted by Gasteiger charge is 2.28. The van der Waals surface area contributed by atoms with Gasteiger partial charge in [0.2, 0.25) is 0 Å². The lowest BCUT2D eigenvalue weighted by Gasteiger charge is -2.09. The third-order valence-corrected chi connectivity index (χ3v) is 1.79. The highest BCUT2D eigenvalue weighted by atomic mass is 16.7. The van der Waals surface area contributed by atoms with E-state index >= 15 is 0 Å². The number of carbonyl (C=O) groups excluding carboxylic acids is 1. The van der Waals surface area contributed by atoms with Crippen molar-refractivity contribution >= 4 is 11.9 Å². The molecule has 1 aliphatic rings. The number of hydroxylamine groups is 1. The molecule has 2 unspecified atom stereocenters. The van der Waals surface area contributed by atoms with Crippen molar-refractivity contribution in [1.29, 1.82) is 0 Å². The molecule has 2 atom stereocenters. The van der Waals surface area contributed by atoms with Crippen LogP contribution in [0.5, 0.6) is 0 Å². The van der Waals surface area contributed by atoms with Crippen LogP contribution in [0.4, 0.5) is 0 Å². The lowest BCUT2D eigenvalue weighted by atomic mass is 10.2. The number of rotatable bonds is 4. The molecule has 14 heavy (non-hydrogen) atoms. The van der Waals surface area contributed by atoms with Crippen LogP contribution in [0.2, 0.25) is 0 Å². The van der Waals surface area contributed by atoms with Gasteiger partial charge in [0.05, 0.1) is 12.1 Å². The molecule has 0 bridgehead atoms. The van der Waals surface area contributed by atoms with Crippen LogP contribution >= 0.6 is 0 Å². The minimum Gasteiger partial charge on any atom is -0.479 e. The van der Waals surface area contributed by atoms with E-state index in [0.29, 0.717) is 13.0 Å². The second kappa shape index (κ2) is 4.89. The molecule has 7 heteroatoms. The van der Waals surface area contributed by atoms with E-state index in [1.165, 1.54) is 0 Å². The Labute approximate surface area is 80.0 Å². The average Bonchev–Trinajstić information content (AvgIpc) is 2.51. The fraction of sp³-hybridized carbons (Fsp3) is 0.714. The van der Waals surface area contributed by atoms with Crippen LogP contribution in [0.3, 0.4) is 0 Å². The first kappa shape index (κ1) is 10.9. The summed E-state index contributed by atoms with van der Waals surface area (Å²) in [6.07, 6.45) is -0.229. The Balaban J connectivity index is 2.18. The van der Waals surface area contributed by atoms with Crippen molar-refractivity contribution in [3.8, 4) is 0 Å². The molecule has 1 fully saturated rings. The molecule has 0 radical (unpaired) electrons. The maximum Gasteiger partial charge on any atom is 0.332 e. The number of aliphatic hydroxyl groups is 1. The fourth-order valence-electron chi connectivity index (χ4n) is 1.16. The lowest BCUT2D eigenvalue weighted by molar-refractivity contribution is -0.149. The molecule has 1 rings (SSSR count). The molecule has 1 amide bonds. The topological polar surface area (TPSA) is 108 Å². The Bertz CT molecular complexity index is 232. The van der Waals surface area contributed by atoms with Crippen molar-refractivity contribution in [3.05, 3.63) is 0 Å². The van der Waals surface area contributed by atoms with Crippen molar-refractivity contribution in [2.75, 3.05) is 13.2 Å². The number of carbonyl (C=O) groups is 2. The number of hydrogen-bond donors (Lipinski definition) is 4. The molecular weight excluding hydrogens is 192 g/mol. The van der Waals surface area contributed by atoms with E-state index in [9.17, 15) is 9.59 Å². The largest absolute Gasteiger partial charge is 0.479 e. The van der Waals surface area contributed by atoms with Crippen LogP contribution in [0.1, 0.15) is 6.42 Å². The van der Waals surface area contributed by atoms with Crippen LogP contribution in [0.25, 0.3) is 0 Å². The van der Waals surface area contributed by atoms with Crippen molar-refractivity contribution < 1.29 is 24.6 Å². The van der Waals surface area contributed by atoms with Gasteiger partial charge in [0.1, 0.15) is 0 Å². The van der Waals surface area contributed by atoms with E-state index in [2.05, 4.69) is 10.2 Å². The second-order valence-corrected chi connectivity index (χ2v) is 3.00. The van der Waals surface area contributed by atoms with E-state index in [0.717, 1.165) is 0 Å². The minimum absolute atomic E-state index is 0.308. The minimum atomic E-state index is -1.16. The highest BCUT2D eigenvalue weighted by molar-refractivity contribution is 5.81. The molecule has 1 heterocycles. The Hall–Kier alpha value is -1.18. The maximum absolute atomic E-state index is 11.2. The number of β-amino-alcohol motifs (C(OH)–C–C–N with tert-alkyl or cyclic N) is 1. The molecule has 1 saturated heterocycles. The Morgan fingerprint density at radius 1 is 1.57 bits per heavy atom. The number of carboxylic acids is 1. The molecule has 4 N–H and O–H groups in total. The first-order valence-electron chi connectivity index (χ1n) is 4.14. The predicted octanol–water partition coefficient (Wildman–Crippen LogP) is -2.16. The van der Waals surface area contributed by atoms with Gasteiger partial charge in [-0.05, 0) is 6.42 Å². The summed E-state index contributed by atoms with van der Waals surface area (Å²) in [6.45, 7) is -0.224. The standard InChI is InChI=1S/C7H12N2O5/c10-4-1-5(8-2-4)7(13)9-14-3-6(11)12/h4-5,8,10H,1-3H2,(H,9,13)(H,11,12). The van der Waals surface area contributed by atoms with Gasteiger partial charge in [-0.25, -0.2) is 10.3 Å². The van der Waals surface area contributed by atoms with Gasteiger partial charge in [0.25, 0.3) is 5.91 Å². The third-order valence-electron chi connectivity index (χ3n) is 1.79. The van der Waals surface area contributed by atoms with Gasteiger partial charge >= 0.3 is 5.97 Å². The SMILES string of the molecule is O=C(O)CONC(=O)C1CC(O)CN1. The lowest BCUT2D eigenvalue weighted by Crippen LogP contribution is -2.41. The number of nitrogens with one attached hydrogen (secondary N) is 2. The predicted molar refractivity (Wildman–Crippen MR) is 44.1 cm³/mol. The highest BCUT2D eigenvalue weighted by Crippen LogP contribution is 2.05. The molecule has 0 spiro atoms. The van der Waals surface area contributed by atoms with Crippen molar-refractivity contribution in [2.24, 2.45) is 0 Å². The zero-order valence-corrected chi connectivity index (χ0v) is 7.40. The Morgan fingerprint density at radius 3 is 2.79 bits per heavy atom. The van der Waals surface area contributed by atoms with Crippen LogP contribution in [-0.2, 0) is 14.4 Å². The normalized spacial score (nSPS) is 26.1. The van der Waals surface area contributed by atoms with Gasteiger partial charge in [-0.1, -0.05) is 0 Å². The first-order valence-corrected chi connectivity index (χ1v) is 4.14. The number of aliphatic carboxylic acids is 1. The average molecular weight is 204 g/mol. The Morgan fingerprint density at radius 2 is 2.29 bits per heavy atom. The van der Waals surface area contributed by atoms with E-state index in [-0.39, 0.29) is 0 Å². The molecule has 0 saturated carbocycles. The van der Waals surface area contributed by atoms with Gasteiger partial charge in [-0.3, -0.25) is 9.63 Å². The number of aliphatic hydroxyl groups excluding tert-OH is 1. The Kier molecular flexibility index (Phi) is 3.81. The molecule has 0 aromatic heterocycles. The van der Waals surface area contributed by atoms with Gasteiger partial charge in [0, 0.05) is 6.54 Å². The van der Waals surface area contributed by atoms with Crippen molar-refractivity contribution in [1.82, 2.24) is 10.8 Å². The summed E-state index contributed by atoms with van der Waals surface area (Å²) in [5.74, 6) is -1.63. The number of hydrogen-bond acceptors (Lipinski definition) is 5. The smallest absolute Gasteiger partial charge is 0.332 e. The van der Waals surface area contributed by atoms with Gasteiger partial charge in [-0.2, -0.15) is 0 Å². The van der Waals surface area contributed by atoms with E-state index in [1.807, 2.05) is 5.48 Å². The molecule has 0 aliphatic carbocycles.